The van der Waals surface area contributed by atoms with Crippen LogP contribution in [-0.4, -0.2) is 28.0 Å². The smallest absolute Gasteiger partial charge is 0.272 e. The van der Waals surface area contributed by atoms with Crippen molar-refractivity contribution in [3.05, 3.63) is 125 Å². The number of anilines is 2. The molecule has 1 unspecified atom stereocenters. The van der Waals surface area contributed by atoms with E-state index in [0.29, 0.717) is 22.1 Å². The van der Waals surface area contributed by atoms with Gasteiger partial charge in [-0.1, -0.05) is 48.0 Å². The zero-order valence-corrected chi connectivity index (χ0v) is 25.9. The molecule has 2 aromatic heterocycles. The van der Waals surface area contributed by atoms with Crippen molar-refractivity contribution in [2.24, 2.45) is 0 Å². The summed E-state index contributed by atoms with van der Waals surface area (Å²) in [5.74, 6) is -0.667. The van der Waals surface area contributed by atoms with E-state index in [1.165, 1.54) is 41.0 Å². The summed E-state index contributed by atoms with van der Waals surface area (Å²) >= 11 is 2.84. The zero-order valence-electron chi connectivity index (χ0n) is 24.3. The third kappa shape index (κ3) is 7.91. The number of rotatable bonds is 10. The van der Waals surface area contributed by atoms with E-state index >= 15 is 0 Å². The van der Waals surface area contributed by atoms with Gasteiger partial charge in [0, 0.05) is 32.7 Å². The molecule has 5 rings (SSSR count). The van der Waals surface area contributed by atoms with Crippen molar-refractivity contribution in [2.45, 2.75) is 30.9 Å². The molecule has 10 heteroatoms. The number of nitrogens with zero attached hydrogens (tertiary/aromatic N) is 1. The van der Waals surface area contributed by atoms with Crippen LogP contribution in [-0.2, 0) is 9.59 Å². The molecular formula is C34H30N4O4S2. The van der Waals surface area contributed by atoms with E-state index in [4.69, 9.17) is 4.42 Å². The number of thiazole rings is 1. The van der Waals surface area contributed by atoms with E-state index in [1.807, 2.05) is 63.2 Å². The SMILES string of the molecule is Cc1ccc(-c2nc(NC(=O)C(C)Sc3ccc(NC(=O)/C(=C/c4ccco4)NC(=O)c4ccccc4)cc3)sc2C)cc1. The summed E-state index contributed by atoms with van der Waals surface area (Å²) < 4.78 is 5.35. The number of aryl methyl sites for hydroxylation is 2. The van der Waals surface area contributed by atoms with Crippen LogP contribution < -0.4 is 16.0 Å². The van der Waals surface area contributed by atoms with Crippen LogP contribution in [0.1, 0.15) is 33.5 Å². The van der Waals surface area contributed by atoms with E-state index < -0.39 is 17.1 Å². The average molecular weight is 623 g/mol. The third-order valence-electron chi connectivity index (χ3n) is 6.50. The molecular weight excluding hydrogens is 593 g/mol. The number of benzene rings is 3. The largest absolute Gasteiger partial charge is 0.465 e. The van der Waals surface area contributed by atoms with Crippen molar-refractivity contribution in [3.63, 3.8) is 0 Å². The Hall–Kier alpha value is -4.93. The summed E-state index contributed by atoms with van der Waals surface area (Å²) in [5, 5.41) is 8.60. The molecule has 3 aromatic carbocycles. The number of aromatic nitrogens is 1. The number of nitrogens with one attached hydrogen (secondary N) is 3. The Balaban J connectivity index is 1.20. The lowest BCUT2D eigenvalue weighted by atomic mass is 10.1. The van der Waals surface area contributed by atoms with Crippen molar-refractivity contribution < 1.29 is 18.8 Å². The molecule has 5 aromatic rings. The monoisotopic (exact) mass is 622 g/mol. The van der Waals surface area contributed by atoms with Crippen LogP contribution in [0.3, 0.4) is 0 Å². The van der Waals surface area contributed by atoms with Gasteiger partial charge in [-0.25, -0.2) is 4.98 Å². The Labute approximate surface area is 263 Å². The molecule has 2 heterocycles. The Bertz CT molecular complexity index is 1780. The lowest BCUT2D eigenvalue weighted by Crippen LogP contribution is -2.30. The molecule has 0 aliphatic heterocycles. The Morgan fingerprint density at radius 3 is 2.30 bits per heavy atom. The first kappa shape index (κ1) is 30.5. The topological polar surface area (TPSA) is 113 Å². The highest BCUT2D eigenvalue weighted by molar-refractivity contribution is 8.00. The van der Waals surface area contributed by atoms with Crippen molar-refractivity contribution in [1.82, 2.24) is 10.3 Å². The van der Waals surface area contributed by atoms with Gasteiger partial charge in [0.2, 0.25) is 5.91 Å². The van der Waals surface area contributed by atoms with Gasteiger partial charge in [-0.2, -0.15) is 0 Å². The minimum atomic E-state index is -0.512. The van der Waals surface area contributed by atoms with Crippen LogP contribution in [0.15, 0.2) is 112 Å². The molecule has 8 nitrogen and oxygen atoms in total. The van der Waals surface area contributed by atoms with E-state index in [1.54, 1.807) is 48.5 Å². The molecule has 0 spiro atoms. The van der Waals surface area contributed by atoms with E-state index in [0.717, 1.165) is 21.0 Å². The maximum Gasteiger partial charge on any atom is 0.272 e. The number of thioether (sulfide) groups is 1. The second-order valence-corrected chi connectivity index (χ2v) is 12.5. The fraction of sp³-hybridized carbons (Fsp3) is 0.118. The highest BCUT2D eigenvalue weighted by atomic mass is 32.2. The standard InChI is InChI=1S/C34H30N4O4S2/c1-21-11-13-24(14-12-21)30-22(2)44-34(37-30)38-31(39)23(3)43-28-17-15-26(16-18-28)35-33(41)29(20-27-10-7-19-42-27)36-32(40)25-8-5-4-6-9-25/h4-20,23H,1-3H3,(H,35,41)(H,36,40)(H,37,38,39)/b29-20-. The summed E-state index contributed by atoms with van der Waals surface area (Å²) in [7, 11) is 0. The molecule has 3 N–H and O–H groups in total. The van der Waals surface area contributed by atoms with E-state index in [-0.39, 0.29) is 11.6 Å². The van der Waals surface area contributed by atoms with E-state index in [9.17, 15) is 14.4 Å². The molecule has 0 radical (unpaired) electrons. The van der Waals surface area contributed by atoms with Crippen LogP contribution >= 0.6 is 23.1 Å². The highest BCUT2D eigenvalue weighted by Gasteiger charge is 2.19. The van der Waals surface area contributed by atoms with E-state index in [2.05, 4.69) is 20.9 Å². The van der Waals surface area contributed by atoms with Crippen molar-refractivity contribution in [1.29, 1.82) is 0 Å². The summed E-state index contributed by atoms with van der Waals surface area (Å²) in [6.45, 7) is 5.87. The van der Waals surface area contributed by atoms with Gasteiger partial charge in [-0.3, -0.25) is 14.4 Å². The first-order chi connectivity index (χ1) is 21.2. The first-order valence-corrected chi connectivity index (χ1v) is 15.5. The van der Waals surface area contributed by atoms with Gasteiger partial charge < -0.3 is 20.4 Å². The second-order valence-electron chi connectivity index (χ2n) is 9.91. The number of carbonyl (C=O) groups excluding carboxylic acids is 3. The lowest BCUT2D eigenvalue weighted by Gasteiger charge is -2.13. The van der Waals surface area contributed by atoms with Crippen LogP contribution in [0.4, 0.5) is 10.8 Å². The van der Waals surface area contributed by atoms with Gasteiger partial charge in [0.1, 0.15) is 11.5 Å². The van der Waals surface area contributed by atoms with Crippen LogP contribution in [0.25, 0.3) is 17.3 Å². The highest BCUT2D eigenvalue weighted by Crippen LogP contribution is 2.32. The summed E-state index contributed by atoms with van der Waals surface area (Å²) in [6, 6.07) is 27.3. The predicted octanol–water partition coefficient (Wildman–Crippen LogP) is 7.55. The van der Waals surface area contributed by atoms with Gasteiger partial charge in [0.05, 0.1) is 17.2 Å². The second kappa shape index (κ2) is 14.0. The molecule has 0 saturated carbocycles. The first-order valence-electron chi connectivity index (χ1n) is 13.8. The molecule has 0 aliphatic carbocycles. The lowest BCUT2D eigenvalue weighted by molar-refractivity contribution is -0.115. The summed E-state index contributed by atoms with van der Waals surface area (Å²) in [5.41, 5.74) is 4.03. The maximum absolute atomic E-state index is 13.2. The number of furan rings is 1. The van der Waals surface area contributed by atoms with Gasteiger partial charge >= 0.3 is 0 Å². The van der Waals surface area contributed by atoms with Crippen molar-refractivity contribution >= 4 is 57.7 Å². The maximum atomic E-state index is 13.2. The molecule has 44 heavy (non-hydrogen) atoms. The molecule has 0 saturated heterocycles. The van der Waals surface area contributed by atoms with Gasteiger partial charge in [-0.15, -0.1) is 23.1 Å². The molecule has 1 atom stereocenters. The number of hydrogen-bond acceptors (Lipinski definition) is 7. The molecule has 222 valence electrons. The van der Waals surface area contributed by atoms with Gasteiger partial charge in [0.15, 0.2) is 5.13 Å². The summed E-state index contributed by atoms with van der Waals surface area (Å²) in [4.78, 5) is 45.4. The zero-order chi connectivity index (χ0) is 31.1. The number of amides is 3. The quantitative estimate of drug-likeness (QED) is 0.110. The number of carbonyl (C=O) groups is 3. The Morgan fingerprint density at radius 2 is 1.61 bits per heavy atom. The Kier molecular flexibility index (Phi) is 9.73. The minimum Gasteiger partial charge on any atom is -0.465 e. The van der Waals surface area contributed by atoms with Crippen LogP contribution in [0.2, 0.25) is 0 Å². The van der Waals surface area contributed by atoms with Gasteiger partial charge in [-0.05, 0) is 69.3 Å². The Morgan fingerprint density at radius 1 is 0.886 bits per heavy atom. The normalized spacial score (nSPS) is 11.9. The van der Waals surface area contributed by atoms with Crippen LogP contribution in [0.5, 0.6) is 0 Å². The molecule has 0 bridgehead atoms. The average Bonchev–Trinajstić information content (AvgIpc) is 3.67. The summed E-state index contributed by atoms with van der Waals surface area (Å²) in [6.07, 6.45) is 2.95. The third-order valence-corrected chi connectivity index (χ3v) is 8.50. The van der Waals surface area contributed by atoms with Crippen LogP contribution in [0, 0.1) is 13.8 Å². The fourth-order valence-electron chi connectivity index (χ4n) is 4.17. The van der Waals surface area contributed by atoms with Gasteiger partial charge in [0.25, 0.3) is 11.8 Å². The van der Waals surface area contributed by atoms with Crippen molar-refractivity contribution in [3.8, 4) is 11.3 Å². The number of hydrogen-bond donors (Lipinski definition) is 3. The van der Waals surface area contributed by atoms with Crippen molar-refractivity contribution in [2.75, 3.05) is 10.6 Å². The molecule has 3 amide bonds. The minimum absolute atomic E-state index is 0.0282. The predicted molar refractivity (Wildman–Crippen MR) is 177 cm³/mol. The molecule has 0 fully saturated rings. The fourth-order valence-corrected chi connectivity index (χ4v) is 5.87. The molecule has 0 aliphatic rings.